The number of nitrogens with one attached hydrogen (secondary N) is 2. The van der Waals surface area contributed by atoms with Crippen LogP contribution in [0.15, 0.2) is 47.4 Å². The molecule has 1 heterocycles. The van der Waals surface area contributed by atoms with Crippen molar-refractivity contribution in [2.45, 2.75) is 24.5 Å². The predicted molar refractivity (Wildman–Crippen MR) is 123 cm³/mol. The van der Waals surface area contributed by atoms with E-state index in [1.807, 2.05) is 0 Å². The van der Waals surface area contributed by atoms with Gasteiger partial charge in [0.15, 0.2) is 4.90 Å². The molecule has 0 aliphatic carbocycles. The van der Waals surface area contributed by atoms with Crippen LogP contribution in [0.5, 0.6) is 5.75 Å². The minimum atomic E-state index is -4.45. The summed E-state index contributed by atoms with van der Waals surface area (Å²) in [5, 5.41) is 6.16. The van der Waals surface area contributed by atoms with Crippen molar-refractivity contribution in [3.8, 4) is 17.6 Å². The summed E-state index contributed by atoms with van der Waals surface area (Å²) in [6.45, 7) is 0.259. The predicted octanol–water partition coefficient (Wildman–Crippen LogP) is 4.37. The Hall–Kier alpha value is -3.29. The summed E-state index contributed by atoms with van der Waals surface area (Å²) < 4.78 is 57.7. The van der Waals surface area contributed by atoms with Gasteiger partial charge in [0, 0.05) is 18.4 Å². The number of aromatic nitrogens is 1. The van der Waals surface area contributed by atoms with Gasteiger partial charge in [0.2, 0.25) is 5.91 Å². The summed E-state index contributed by atoms with van der Waals surface area (Å²) >= 11 is -1.16. The van der Waals surface area contributed by atoms with Gasteiger partial charge in [-0.25, -0.2) is 0 Å². The first-order chi connectivity index (χ1) is 15.6. The Bertz CT molecular complexity index is 1230. The maximum absolute atomic E-state index is 13.2. The topological polar surface area (TPSA) is 78.3 Å². The van der Waals surface area contributed by atoms with E-state index in [1.54, 1.807) is 42.7 Å². The van der Waals surface area contributed by atoms with Gasteiger partial charge >= 0.3 is 6.18 Å². The average molecular weight is 478 g/mol. The maximum atomic E-state index is 13.2. The van der Waals surface area contributed by atoms with E-state index in [9.17, 15) is 22.5 Å². The number of carbonyl (C=O) groups excluding carboxylic acids is 1. The maximum Gasteiger partial charge on any atom is 0.406 e. The lowest BCUT2D eigenvalue weighted by Gasteiger charge is -2.12. The molecule has 0 aliphatic heterocycles. The van der Waals surface area contributed by atoms with E-state index >= 15 is 0 Å². The SMILES string of the molecule is COc1cc([S+](C)[O-])ccc1NCC#Cc1cc2c(NC(C)=O)cccc2n1CC(F)(F)F. The molecule has 0 saturated heterocycles. The number of anilines is 2. The second-order valence-corrected chi connectivity index (χ2v) is 8.50. The van der Waals surface area contributed by atoms with Crippen molar-refractivity contribution in [1.29, 1.82) is 0 Å². The number of ether oxygens (including phenoxy) is 1. The zero-order chi connectivity index (χ0) is 24.2. The van der Waals surface area contributed by atoms with Gasteiger partial charge in [-0.1, -0.05) is 12.0 Å². The van der Waals surface area contributed by atoms with Gasteiger partial charge in [-0.15, -0.1) is 0 Å². The molecular weight excluding hydrogens is 455 g/mol. The Morgan fingerprint density at radius 1 is 1.21 bits per heavy atom. The fourth-order valence-corrected chi connectivity index (χ4v) is 3.84. The van der Waals surface area contributed by atoms with Crippen LogP contribution in [-0.2, 0) is 22.5 Å². The van der Waals surface area contributed by atoms with Crippen LogP contribution in [0, 0.1) is 11.8 Å². The Morgan fingerprint density at radius 2 is 1.97 bits per heavy atom. The number of hydrogen-bond acceptors (Lipinski definition) is 4. The van der Waals surface area contributed by atoms with Crippen molar-refractivity contribution >= 4 is 39.4 Å². The zero-order valence-electron chi connectivity index (χ0n) is 18.2. The molecule has 3 rings (SSSR count). The highest BCUT2D eigenvalue weighted by Gasteiger charge is 2.30. The van der Waals surface area contributed by atoms with Gasteiger partial charge < -0.3 is 24.5 Å². The van der Waals surface area contributed by atoms with Crippen LogP contribution in [-0.4, -0.2) is 41.1 Å². The van der Waals surface area contributed by atoms with E-state index in [0.29, 0.717) is 32.9 Å². The van der Waals surface area contributed by atoms with Crippen LogP contribution in [0.4, 0.5) is 24.5 Å². The monoisotopic (exact) mass is 477 g/mol. The Balaban J connectivity index is 1.90. The van der Waals surface area contributed by atoms with Crippen molar-refractivity contribution in [2.75, 3.05) is 30.5 Å². The molecule has 33 heavy (non-hydrogen) atoms. The van der Waals surface area contributed by atoms with E-state index in [1.165, 1.54) is 20.1 Å². The lowest BCUT2D eigenvalue weighted by Crippen LogP contribution is -2.18. The third-order valence-electron chi connectivity index (χ3n) is 4.68. The number of nitrogens with zero attached hydrogens (tertiary/aromatic N) is 1. The van der Waals surface area contributed by atoms with Gasteiger partial charge in [-0.2, -0.15) is 13.2 Å². The van der Waals surface area contributed by atoms with Gasteiger partial charge in [-0.3, -0.25) is 4.79 Å². The standard InChI is InChI=1S/C23H22F3N3O3S/c1-15(30)28-19-7-4-8-21-18(19)12-16(29(21)14-23(24,25)26)6-5-11-27-20-10-9-17(33(3)31)13-22(20)32-2/h4,7-10,12-13,27H,11,14H2,1-3H3,(H,28,30). The number of rotatable bonds is 6. The number of halogens is 3. The molecule has 2 aromatic carbocycles. The van der Waals surface area contributed by atoms with Crippen molar-refractivity contribution in [3.05, 3.63) is 48.2 Å². The fraction of sp³-hybridized carbons (Fsp3) is 0.261. The van der Waals surface area contributed by atoms with Crippen LogP contribution < -0.4 is 15.4 Å². The molecule has 6 nitrogen and oxygen atoms in total. The van der Waals surface area contributed by atoms with Crippen LogP contribution in [0.25, 0.3) is 10.9 Å². The minimum absolute atomic E-state index is 0.136. The van der Waals surface area contributed by atoms with Crippen molar-refractivity contribution in [2.24, 2.45) is 0 Å². The first-order valence-electron chi connectivity index (χ1n) is 9.80. The number of methoxy groups -OCH3 is 1. The molecule has 0 fully saturated rings. The van der Waals surface area contributed by atoms with Gasteiger partial charge in [0.25, 0.3) is 0 Å². The number of alkyl halides is 3. The Morgan fingerprint density at radius 3 is 2.61 bits per heavy atom. The molecule has 0 radical (unpaired) electrons. The molecule has 10 heteroatoms. The lowest BCUT2D eigenvalue weighted by molar-refractivity contribution is -0.140. The van der Waals surface area contributed by atoms with E-state index in [-0.39, 0.29) is 18.1 Å². The molecule has 0 saturated carbocycles. The third-order valence-corrected chi connectivity index (χ3v) is 5.60. The Labute approximate surface area is 192 Å². The quantitative estimate of drug-likeness (QED) is 0.408. The molecular formula is C23H22F3N3O3S. The zero-order valence-corrected chi connectivity index (χ0v) is 19.0. The first kappa shape index (κ1) is 24.4. The highest BCUT2D eigenvalue weighted by atomic mass is 32.2. The summed E-state index contributed by atoms with van der Waals surface area (Å²) in [7, 11) is 1.48. The Kier molecular flexibility index (Phi) is 7.46. The third kappa shape index (κ3) is 6.15. The fourth-order valence-electron chi connectivity index (χ4n) is 3.31. The molecule has 1 amide bonds. The van der Waals surface area contributed by atoms with Crippen molar-refractivity contribution < 1.29 is 27.3 Å². The summed E-state index contributed by atoms with van der Waals surface area (Å²) in [4.78, 5) is 12.1. The molecule has 0 spiro atoms. The molecule has 0 bridgehead atoms. The van der Waals surface area contributed by atoms with E-state index in [0.717, 1.165) is 4.57 Å². The molecule has 174 valence electrons. The van der Waals surface area contributed by atoms with Crippen LogP contribution in [0.2, 0.25) is 0 Å². The summed E-state index contributed by atoms with van der Waals surface area (Å²) in [6.07, 6.45) is -2.89. The van der Waals surface area contributed by atoms with Crippen molar-refractivity contribution in [3.63, 3.8) is 0 Å². The summed E-state index contributed by atoms with van der Waals surface area (Å²) in [5.41, 5.74) is 1.52. The average Bonchev–Trinajstić information content (AvgIpc) is 3.07. The lowest BCUT2D eigenvalue weighted by atomic mass is 10.2. The van der Waals surface area contributed by atoms with Crippen LogP contribution >= 0.6 is 0 Å². The van der Waals surface area contributed by atoms with Crippen LogP contribution in [0.3, 0.4) is 0 Å². The first-order valence-corrected chi connectivity index (χ1v) is 11.4. The summed E-state index contributed by atoms with van der Waals surface area (Å²) in [6, 6.07) is 11.3. The molecule has 0 aliphatic rings. The number of benzene rings is 2. The number of carbonyl (C=O) groups is 1. The van der Waals surface area contributed by atoms with Gasteiger partial charge in [0.1, 0.15) is 18.6 Å². The smallest absolute Gasteiger partial charge is 0.406 e. The largest absolute Gasteiger partial charge is 0.612 e. The van der Waals surface area contributed by atoms with Gasteiger partial charge in [-0.05, 0) is 47.4 Å². The minimum Gasteiger partial charge on any atom is -0.612 e. The second-order valence-electron chi connectivity index (χ2n) is 7.12. The number of amides is 1. The van der Waals surface area contributed by atoms with Gasteiger partial charge in [0.05, 0.1) is 36.2 Å². The van der Waals surface area contributed by atoms with E-state index in [2.05, 4.69) is 22.5 Å². The molecule has 1 atom stereocenters. The normalized spacial score (nSPS) is 12.1. The second kappa shape index (κ2) is 10.1. The van der Waals surface area contributed by atoms with Crippen LogP contribution in [0.1, 0.15) is 12.6 Å². The number of fused-ring (bicyclic) bond motifs is 1. The highest BCUT2D eigenvalue weighted by molar-refractivity contribution is 7.90. The molecule has 2 N–H and O–H groups in total. The molecule has 3 aromatic rings. The molecule has 1 unspecified atom stereocenters. The van der Waals surface area contributed by atoms with E-state index in [4.69, 9.17) is 4.74 Å². The molecule has 1 aromatic heterocycles. The van der Waals surface area contributed by atoms with Crippen molar-refractivity contribution in [1.82, 2.24) is 4.57 Å². The summed E-state index contributed by atoms with van der Waals surface area (Å²) in [5.74, 6) is 5.78. The number of hydrogen-bond donors (Lipinski definition) is 2. The highest BCUT2D eigenvalue weighted by Crippen LogP contribution is 2.30. The van der Waals surface area contributed by atoms with E-state index < -0.39 is 23.9 Å².